The van der Waals surface area contributed by atoms with Crippen molar-refractivity contribution in [1.82, 2.24) is 9.62 Å². The van der Waals surface area contributed by atoms with Gasteiger partial charge in [-0.25, -0.2) is 21.2 Å². The van der Waals surface area contributed by atoms with Crippen LogP contribution in [0.25, 0.3) is 0 Å². The zero-order chi connectivity index (χ0) is 17.3. The minimum Gasteiger partial charge on any atom is -0.315 e. The van der Waals surface area contributed by atoms with Crippen LogP contribution >= 0.6 is 12.4 Å². The van der Waals surface area contributed by atoms with E-state index in [9.17, 15) is 21.2 Å². The molecular weight excluding hydrogens is 379 g/mol. The van der Waals surface area contributed by atoms with Crippen LogP contribution in [0.4, 0.5) is 4.39 Å². The van der Waals surface area contributed by atoms with E-state index in [0.717, 1.165) is 31.0 Å². The first-order chi connectivity index (χ1) is 10.7. The van der Waals surface area contributed by atoms with Crippen LogP contribution in [0.15, 0.2) is 28.0 Å². The molecule has 1 aliphatic heterocycles. The van der Waals surface area contributed by atoms with E-state index in [-0.39, 0.29) is 23.3 Å². The second-order valence-electron chi connectivity index (χ2n) is 5.63. The molecule has 0 saturated carbocycles. The first kappa shape index (κ1) is 21.3. The van der Waals surface area contributed by atoms with Gasteiger partial charge in [0, 0.05) is 25.4 Å². The van der Waals surface area contributed by atoms with Gasteiger partial charge >= 0.3 is 0 Å². The summed E-state index contributed by atoms with van der Waals surface area (Å²) >= 11 is 0. The Bertz CT molecular complexity index is 778. The lowest BCUT2D eigenvalue weighted by Gasteiger charge is -2.27. The highest BCUT2D eigenvalue weighted by Gasteiger charge is 2.33. The number of hydrogen-bond acceptors (Lipinski definition) is 5. The van der Waals surface area contributed by atoms with Crippen molar-refractivity contribution in [2.75, 3.05) is 25.9 Å². The zero-order valence-electron chi connectivity index (χ0n) is 13.5. The van der Waals surface area contributed by atoms with Crippen LogP contribution in [0.5, 0.6) is 0 Å². The summed E-state index contributed by atoms with van der Waals surface area (Å²) in [6.45, 7) is 3.51. The molecule has 1 N–H and O–H groups in total. The van der Waals surface area contributed by atoms with Gasteiger partial charge in [-0.3, -0.25) is 0 Å². The third kappa shape index (κ3) is 4.45. The number of halogens is 2. The smallest absolute Gasteiger partial charge is 0.243 e. The van der Waals surface area contributed by atoms with Crippen LogP contribution in [0.1, 0.15) is 19.8 Å². The summed E-state index contributed by atoms with van der Waals surface area (Å²) in [5.41, 5.74) is 0. The van der Waals surface area contributed by atoms with Crippen molar-refractivity contribution in [2.24, 2.45) is 0 Å². The molecule has 1 atom stereocenters. The van der Waals surface area contributed by atoms with Gasteiger partial charge in [-0.05, 0) is 37.6 Å². The molecule has 1 unspecified atom stereocenters. The third-order valence-corrected chi connectivity index (χ3v) is 6.87. The van der Waals surface area contributed by atoms with Gasteiger partial charge < -0.3 is 5.32 Å². The molecule has 2 rings (SSSR count). The summed E-state index contributed by atoms with van der Waals surface area (Å²) in [7, 11) is -7.61. The summed E-state index contributed by atoms with van der Waals surface area (Å²) in [5, 5.41) is 3.12. The number of benzene rings is 1. The molecule has 1 fully saturated rings. The van der Waals surface area contributed by atoms with E-state index in [1.165, 1.54) is 4.31 Å². The molecule has 1 aromatic carbocycles. The highest BCUT2D eigenvalue weighted by atomic mass is 35.5. The minimum absolute atomic E-state index is 0. The van der Waals surface area contributed by atoms with Crippen LogP contribution in [0.3, 0.4) is 0 Å². The maximum atomic E-state index is 14.0. The quantitative estimate of drug-likeness (QED) is 0.780. The predicted molar refractivity (Wildman–Crippen MR) is 92.2 cm³/mol. The molecule has 1 aliphatic rings. The zero-order valence-corrected chi connectivity index (χ0v) is 16.0. The Kier molecular flexibility index (Phi) is 7.18. The van der Waals surface area contributed by atoms with Gasteiger partial charge in [0.15, 0.2) is 9.84 Å². The molecule has 24 heavy (non-hydrogen) atoms. The standard InChI is InChI=1S/C14H21FN2O4S2.ClH/c1-3-8-17(11-6-7-16-10-11)23(20,21)12-4-5-14(13(15)9-12)22(2,18)19;/h4-5,9,11,16H,3,6-8,10H2,1-2H3;1H. The van der Waals surface area contributed by atoms with Crippen LogP contribution in [0.2, 0.25) is 0 Å². The van der Waals surface area contributed by atoms with E-state index in [1.807, 2.05) is 6.92 Å². The Balaban J connectivity index is 0.00000288. The van der Waals surface area contributed by atoms with Crippen molar-refractivity contribution in [2.45, 2.75) is 35.6 Å². The molecule has 138 valence electrons. The summed E-state index contributed by atoms with van der Waals surface area (Å²) in [6, 6.07) is 2.78. The van der Waals surface area contributed by atoms with Crippen LogP contribution in [-0.2, 0) is 19.9 Å². The normalized spacial score (nSPS) is 18.6. The van der Waals surface area contributed by atoms with Crippen LogP contribution in [-0.4, -0.2) is 53.1 Å². The molecule has 10 heteroatoms. The van der Waals surface area contributed by atoms with Crippen LogP contribution in [0, 0.1) is 5.82 Å². The number of sulfone groups is 1. The van der Waals surface area contributed by atoms with E-state index >= 15 is 0 Å². The van der Waals surface area contributed by atoms with Gasteiger partial charge in [-0.2, -0.15) is 4.31 Å². The second-order valence-corrected chi connectivity index (χ2v) is 9.50. The average Bonchev–Trinajstić information content (AvgIpc) is 2.96. The summed E-state index contributed by atoms with van der Waals surface area (Å²) in [5.74, 6) is -1.05. The Labute approximate surface area is 148 Å². The van der Waals surface area contributed by atoms with E-state index in [0.29, 0.717) is 25.9 Å². The first-order valence-corrected chi connectivity index (χ1v) is 10.7. The molecule has 0 bridgehead atoms. The number of nitrogens with zero attached hydrogens (tertiary/aromatic N) is 1. The fourth-order valence-electron chi connectivity index (χ4n) is 2.68. The first-order valence-electron chi connectivity index (χ1n) is 7.40. The molecule has 0 amide bonds. The van der Waals surface area contributed by atoms with Gasteiger partial charge in [-0.1, -0.05) is 6.92 Å². The lowest BCUT2D eigenvalue weighted by molar-refractivity contribution is 0.335. The highest BCUT2D eigenvalue weighted by molar-refractivity contribution is 7.90. The Hall–Kier alpha value is -0.740. The number of sulfonamides is 1. The van der Waals surface area contributed by atoms with Gasteiger partial charge in [0.1, 0.15) is 10.7 Å². The molecule has 6 nitrogen and oxygen atoms in total. The van der Waals surface area contributed by atoms with E-state index in [4.69, 9.17) is 0 Å². The Morgan fingerprint density at radius 3 is 2.42 bits per heavy atom. The maximum Gasteiger partial charge on any atom is 0.243 e. The summed E-state index contributed by atoms with van der Waals surface area (Å²) in [4.78, 5) is -0.719. The molecule has 1 heterocycles. The van der Waals surface area contributed by atoms with Crippen molar-refractivity contribution in [3.63, 3.8) is 0 Å². The fourth-order valence-corrected chi connectivity index (χ4v) is 5.17. The third-order valence-electron chi connectivity index (χ3n) is 3.79. The lowest BCUT2D eigenvalue weighted by Crippen LogP contribution is -2.42. The largest absolute Gasteiger partial charge is 0.315 e. The number of rotatable bonds is 6. The van der Waals surface area contributed by atoms with E-state index < -0.39 is 30.6 Å². The topological polar surface area (TPSA) is 83.6 Å². The summed E-state index contributed by atoms with van der Waals surface area (Å²) in [6.07, 6.45) is 2.22. The van der Waals surface area contributed by atoms with E-state index in [1.54, 1.807) is 0 Å². The van der Waals surface area contributed by atoms with Crippen molar-refractivity contribution in [3.05, 3.63) is 24.0 Å². The summed E-state index contributed by atoms with van der Waals surface area (Å²) < 4.78 is 63.9. The van der Waals surface area contributed by atoms with Crippen molar-refractivity contribution >= 4 is 32.3 Å². The van der Waals surface area contributed by atoms with Crippen molar-refractivity contribution in [1.29, 1.82) is 0 Å². The van der Waals surface area contributed by atoms with Gasteiger partial charge in [0.2, 0.25) is 10.0 Å². The lowest BCUT2D eigenvalue weighted by atomic mass is 10.2. The van der Waals surface area contributed by atoms with Gasteiger partial charge in [-0.15, -0.1) is 12.4 Å². The van der Waals surface area contributed by atoms with Gasteiger partial charge in [0.05, 0.1) is 4.90 Å². The average molecular weight is 401 g/mol. The minimum atomic E-state index is -3.87. The number of hydrogen-bond donors (Lipinski definition) is 1. The molecule has 0 spiro atoms. The van der Waals surface area contributed by atoms with Crippen molar-refractivity contribution < 1.29 is 21.2 Å². The molecular formula is C14H22ClFN2O4S2. The van der Waals surface area contributed by atoms with E-state index in [2.05, 4.69) is 5.32 Å². The maximum absolute atomic E-state index is 14.0. The monoisotopic (exact) mass is 400 g/mol. The predicted octanol–water partition coefficient (Wildman–Crippen LogP) is 1.41. The second kappa shape index (κ2) is 8.09. The molecule has 1 saturated heterocycles. The molecule has 1 aromatic rings. The molecule has 0 radical (unpaired) electrons. The molecule has 0 aromatic heterocycles. The van der Waals surface area contributed by atoms with Gasteiger partial charge in [0.25, 0.3) is 0 Å². The Morgan fingerprint density at radius 1 is 1.29 bits per heavy atom. The van der Waals surface area contributed by atoms with Crippen molar-refractivity contribution in [3.8, 4) is 0 Å². The molecule has 0 aliphatic carbocycles. The SMILES string of the molecule is CCCN(C1CCNC1)S(=O)(=O)c1ccc(S(C)(=O)=O)c(F)c1.Cl. The Morgan fingerprint density at radius 2 is 1.96 bits per heavy atom. The van der Waals surface area contributed by atoms with Crippen LogP contribution < -0.4 is 5.32 Å². The number of nitrogens with one attached hydrogen (secondary N) is 1. The highest BCUT2D eigenvalue weighted by Crippen LogP contribution is 2.24. The fraction of sp³-hybridized carbons (Fsp3) is 0.571.